The second-order valence-electron chi connectivity index (χ2n) is 4.59. The van der Waals surface area contributed by atoms with Crippen molar-refractivity contribution < 1.29 is 17.6 Å². The summed E-state index contributed by atoms with van der Waals surface area (Å²) in [7, 11) is -3.38. The zero-order valence-electron chi connectivity index (χ0n) is 10.9. The van der Waals surface area contributed by atoms with Crippen molar-refractivity contribution in [1.29, 1.82) is 0 Å². The van der Waals surface area contributed by atoms with Crippen LogP contribution in [0.2, 0.25) is 0 Å². The Morgan fingerprint density at radius 2 is 2.20 bits per heavy atom. The molecular formula is C12H15FN2O3S2. The Morgan fingerprint density at radius 3 is 2.80 bits per heavy atom. The van der Waals surface area contributed by atoms with Gasteiger partial charge >= 0.3 is 0 Å². The van der Waals surface area contributed by atoms with Crippen LogP contribution in [0.3, 0.4) is 0 Å². The number of carbonyl (C=O) groups is 1. The molecule has 0 aromatic heterocycles. The molecule has 1 unspecified atom stereocenters. The molecule has 2 rings (SSSR count). The van der Waals surface area contributed by atoms with E-state index in [0.717, 1.165) is 18.4 Å². The van der Waals surface area contributed by atoms with Crippen LogP contribution in [0.15, 0.2) is 18.2 Å². The van der Waals surface area contributed by atoms with E-state index in [2.05, 4.69) is 0 Å². The molecule has 1 aromatic carbocycles. The maximum atomic E-state index is 13.0. The van der Waals surface area contributed by atoms with E-state index in [9.17, 15) is 17.6 Å². The molecule has 0 saturated carbocycles. The maximum absolute atomic E-state index is 13.0. The van der Waals surface area contributed by atoms with Gasteiger partial charge in [0.25, 0.3) is 5.91 Å². The summed E-state index contributed by atoms with van der Waals surface area (Å²) in [5.74, 6) is -0.00371. The number of amides is 1. The molecule has 1 aromatic rings. The Morgan fingerprint density at radius 1 is 1.50 bits per heavy atom. The topological polar surface area (TPSA) is 80.5 Å². The van der Waals surface area contributed by atoms with Gasteiger partial charge in [-0.05, 0) is 18.2 Å². The van der Waals surface area contributed by atoms with Gasteiger partial charge in [-0.3, -0.25) is 4.79 Å². The first-order chi connectivity index (χ1) is 9.30. The van der Waals surface area contributed by atoms with Crippen LogP contribution in [0.5, 0.6) is 0 Å². The number of nitrogens with zero attached hydrogens (tertiary/aromatic N) is 1. The van der Waals surface area contributed by atoms with Crippen LogP contribution in [0, 0.1) is 5.82 Å². The van der Waals surface area contributed by atoms with Gasteiger partial charge in [0.1, 0.15) is 11.2 Å². The Labute approximate surface area is 121 Å². The fraction of sp³-hybridized carbons (Fsp3) is 0.417. The number of sulfone groups is 1. The summed E-state index contributed by atoms with van der Waals surface area (Å²) in [6, 6.07) is 3.48. The monoisotopic (exact) mass is 318 g/mol. The maximum Gasteiger partial charge on any atom is 0.257 e. The minimum Gasteiger partial charge on any atom is -0.398 e. The first-order valence-corrected chi connectivity index (χ1v) is 9.04. The summed E-state index contributed by atoms with van der Waals surface area (Å²) in [4.78, 5) is 13.7. The summed E-state index contributed by atoms with van der Waals surface area (Å²) < 4.78 is 36.6. The molecule has 1 aliphatic rings. The summed E-state index contributed by atoms with van der Waals surface area (Å²) >= 11 is 1.49. The van der Waals surface area contributed by atoms with Crippen molar-refractivity contribution in [3.05, 3.63) is 29.6 Å². The van der Waals surface area contributed by atoms with E-state index < -0.39 is 26.9 Å². The standard InChI is InChI=1S/C12H15FN2O3S2/c1-20(17,18)11-7-19-5-4-15(11)12(16)9-3-2-8(13)6-10(9)14/h2-3,6,11H,4-5,7,14H2,1H3. The van der Waals surface area contributed by atoms with Crippen molar-refractivity contribution in [3.8, 4) is 0 Å². The van der Waals surface area contributed by atoms with Gasteiger partial charge in [-0.15, -0.1) is 0 Å². The molecule has 0 radical (unpaired) electrons. The largest absolute Gasteiger partial charge is 0.398 e. The zero-order valence-corrected chi connectivity index (χ0v) is 12.5. The van der Waals surface area contributed by atoms with Gasteiger partial charge < -0.3 is 10.6 Å². The third kappa shape index (κ3) is 3.06. The second-order valence-corrected chi connectivity index (χ2v) is 7.94. The molecule has 2 N–H and O–H groups in total. The number of nitrogens with two attached hydrogens (primary N) is 1. The number of benzene rings is 1. The molecule has 1 heterocycles. The van der Waals surface area contributed by atoms with E-state index >= 15 is 0 Å². The molecular weight excluding hydrogens is 303 g/mol. The smallest absolute Gasteiger partial charge is 0.257 e. The number of hydrogen-bond acceptors (Lipinski definition) is 5. The van der Waals surface area contributed by atoms with E-state index in [4.69, 9.17) is 5.73 Å². The van der Waals surface area contributed by atoms with Crippen LogP contribution in [0.4, 0.5) is 10.1 Å². The van der Waals surface area contributed by atoms with E-state index in [1.54, 1.807) is 0 Å². The molecule has 1 fully saturated rings. The van der Waals surface area contributed by atoms with Crippen LogP contribution in [-0.4, -0.2) is 48.9 Å². The van der Waals surface area contributed by atoms with Crippen LogP contribution >= 0.6 is 11.8 Å². The Hall–Kier alpha value is -1.28. The summed E-state index contributed by atoms with van der Waals surface area (Å²) in [6.07, 6.45) is 1.11. The Balaban J connectivity index is 2.35. The molecule has 0 spiro atoms. The van der Waals surface area contributed by atoms with Gasteiger partial charge in [-0.1, -0.05) is 0 Å². The number of halogens is 1. The molecule has 20 heavy (non-hydrogen) atoms. The highest BCUT2D eigenvalue weighted by atomic mass is 32.2. The van der Waals surface area contributed by atoms with Gasteiger partial charge in [-0.2, -0.15) is 11.8 Å². The van der Waals surface area contributed by atoms with Gasteiger partial charge in [0, 0.05) is 30.0 Å². The van der Waals surface area contributed by atoms with Crippen molar-refractivity contribution in [2.45, 2.75) is 5.37 Å². The van der Waals surface area contributed by atoms with Crippen LogP contribution in [0.25, 0.3) is 0 Å². The van der Waals surface area contributed by atoms with Crippen molar-refractivity contribution in [2.24, 2.45) is 0 Å². The van der Waals surface area contributed by atoms with Crippen LogP contribution in [-0.2, 0) is 9.84 Å². The molecule has 0 aliphatic carbocycles. The lowest BCUT2D eigenvalue weighted by Gasteiger charge is -2.34. The van der Waals surface area contributed by atoms with E-state index in [0.29, 0.717) is 18.1 Å². The van der Waals surface area contributed by atoms with Crippen molar-refractivity contribution >= 4 is 33.2 Å². The molecule has 1 aliphatic heterocycles. The Kier molecular flexibility index (Phi) is 4.24. The summed E-state index contributed by atoms with van der Waals surface area (Å²) in [6.45, 7) is 0.331. The minimum absolute atomic E-state index is 0.0143. The first-order valence-electron chi connectivity index (χ1n) is 5.93. The summed E-state index contributed by atoms with van der Waals surface area (Å²) in [5.41, 5.74) is 5.79. The third-order valence-corrected chi connectivity index (χ3v) is 5.73. The van der Waals surface area contributed by atoms with E-state index in [-0.39, 0.29) is 11.3 Å². The zero-order chi connectivity index (χ0) is 14.9. The predicted octanol–water partition coefficient (Wildman–Crippen LogP) is 0.968. The van der Waals surface area contributed by atoms with Crippen LogP contribution in [0.1, 0.15) is 10.4 Å². The average molecular weight is 318 g/mol. The van der Waals surface area contributed by atoms with Crippen molar-refractivity contribution in [3.63, 3.8) is 0 Å². The molecule has 0 bridgehead atoms. The highest BCUT2D eigenvalue weighted by molar-refractivity contribution is 8.00. The van der Waals surface area contributed by atoms with Crippen molar-refractivity contribution in [2.75, 3.05) is 30.0 Å². The predicted molar refractivity (Wildman–Crippen MR) is 77.8 cm³/mol. The molecule has 1 atom stereocenters. The fourth-order valence-corrected chi connectivity index (χ4v) is 4.87. The normalized spacial score (nSPS) is 19.9. The van der Waals surface area contributed by atoms with Gasteiger partial charge in [0.15, 0.2) is 9.84 Å². The first kappa shape index (κ1) is 15.1. The minimum atomic E-state index is -3.38. The van der Waals surface area contributed by atoms with Gasteiger partial charge in [0.2, 0.25) is 0 Å². The second kappa shape index (κ2) is 5.61. The third-order valence-electron chi connectivity index (χ3n) is 3.08. The molecule has 5 nitrogen and oxygen atoms in total. The number of carbonyl (C=O) groups excluding carboxylic acids is 1. The molecule has 1 amide bonds. The van der Waals surface area contributed by atoms with Gasteiger partial charge in [0.05, 0.1) is 5.56 Å². The average Bonchev–Trinajstić information content (AvgIpc) is 2.37. The lowest BCUT2D eigenvalue weighted by Crippen LogP contribution is -2.50. The number of thioether (sulfide) groups is 1. The quantitative estimate of drug-likeness (QED) is 0.822. The molecule has 1 saturated heterocycles. The molecule has 8 heteroatoms. The van der Waals surface area contributed by atoms with Crippen molar-refractivity contribution in [1.82, 2.24) is 4.90 Å². The van der Waals surface area contributed by atoms with E-state index in [1.807, 2.05) is 0 Å². The highest BCUT2D eigenvalue weighted by Gasteiger charge is 2.35. The lowest BCUT2D eigenvalue weighted by molar-refractivity contribution is 0.0750. The number of rotatable bonds is 2. The Bertz CT molecular complexity index is 634. The molecule has 110 valence electrons. The lowest BCUT2D eigenvalue weighted by atomic mass is 10.1. The summed E-state index contributed by atoms with van der Waals surface area (Å²) in [5, 5.41) is -0.863. The SMILES string of the molecule is CS(=O)(=O)C1CSCCN1C(=O)c1ccc(F)cc1N. The van der Waals surface area contributed by atoms with Gasteiger partial charge in [-0.25, -0.2) is 12.8 Å². The number of anilines is 1. The van der Waals surface area contributed by atoms with Crippen LogP contribution < -0.4 is 5.73 Å². The highest BCUT2D eigenvalue weighted by Crippen LogP contribution is 2.24. The number of nitrogen functional groups attached to an aromatic ring is 1. The fourth-order valence-electron chi connectivity index (χ4n) is 2.05. The van der Waals surface area contributed by atoms with E-state index in [1.165, 1.54) is 22.7 Å². The number of hydrogen-bond donors (Lipinski definition) is 1.